The summed E-state index contributed by atoms with van der Waals surface area (Å²) in [5, 5.41) is 0. The van der Waals surface area contributed by atoms with Gasteiger partial charge in [-0.1, -0.05) is 0 Å². The highest BCUT2D eigenvalue weighted by Gasteiger charge is 2.22. The molecule has 0 saturated carbocycles. The fourth-order valence-electron chi connectivity index (χ4n) is 3.21. The standard InChI is InChI=1S/C17H23N3O2S/c1-19-9-7-18-16(19)10-13-4-3-8-20(11-13)12-14-5-6-15(23-14)17(21)22-2/h5-7,9,13H,3-4,8,10-12H2,1-2H3. The Morgan fingerprint density at radius 2 is 2.35 bits per heavy atom. The number of aromatic nitrogens is 2. The minimum atomic E-state index is -0.243. The molecule has 0 N–H and O–H groups in total. The molecule has 1 fully saturated rings. The number of ether oxygens (including phenoxy) is 1. The summed E-state index contributed by atoms with van der Waals surface area (Å²) in [6.45, 7) is 3.14. The first kappa shape index (κ1) is 16.2. The molecule has 0 radical (unpaired) electrons. The van der Waals surface area contributed by atoms with E-state index in [0.717, 1.165) is 26.1 Å². The lowest BCUT2D eigenvalue weighted by atomic mass is 9.94. The number of piperidine rings is 1. The summed E-state index contributed by atoms with van der Waals surface area (Å²) in [7, 11) is 3.48. The van der Waals surface area contributed by atoms with Crippen molar-refractivity contribution >= 4 is 17.3 Å². The Kier molecular flexibility index (Phi) is 5.13. The normalized spacial score (nSPS) is 19.0. The highest BCUT2D eigenvalue weighted by molar-refractivity contribution is 7.13. The lowest BCUT2D eigenvalue weighted by molar-refractivity contribution is 0.0606. The summed E-state index contributed by atoms with van der Waals surface area (Å²) in [6.07, 6.45) is 7.41. The van der Waals surface area contributed by atoms with Crippen molar-refractivity contribution in [3.63, 3.8) is 0 Å². The molecular formula is C17H23N3O2S. The molecule has 3 heterocycles. The summed E-state index contributed by atoms with van der Waals surface area (Å²) in [6, 6.07) is 3.90. The molecule has 0 bridgehead atoms. The van der Waals surface area contributed by atoms with Crippen LogP contribution >= 0.6 is 11.3 Å². The number of carbonyl (C=O) groups is 1. The monoisotopic (exact) mass is 333 g/mol. The van der Waals surface area contributed by atoms with Crippen LogP contribution in [0, 0.1) is 5.92 Å². The smallest absolute Gasteiger partial charge is 0.348 e. The van der Waals surface area contributed by atoms with Crippen molar-refractivity contribution in [2.24, 2.45) is 13.0 Å². The van der Waals surface area contributed by atoms with Gasteiger partial charge < -0.3 is 9.30 Å². The molecule has 0 aliphatic carbocycles. The molecule has 0 spiro atoms. The second-order valence-electron chi connectivity index (χ2n) is 6.16. The van der Waals surface area contributed by atoms with Crippen LogP contribution in [0.5, 0.6) is 0 Å². The van der Waals surface area contributed by atoms with Gasteiger partial charge in [0, 0.05) is 43.8 Å². The van der Waals surface area contributed by atoms with Gasteiger partial charge in [0.05, 0.1) is 7.11 Å². The molecule has 0 amide bonds. The largest absolute Gasteiger partial charge is 0.465 e. The van der Waals surface area contributed by atoms with Crippen LogP contribution in [0.15, 0.2) is 24.5 Å². The molecule has 2 aromatic rings. The van der Waals surface area contributed by atoms with Gasteiger partial charge in [0.1, 0.15) is 10.7 Å². The lowest BCUT2D eigenvalue weighted by Crippen LogP contribution is -2.35. The van der Waals surface area contributed by atoms with Crippen LogP contribution in [-0.2, 0) is 24.8 Å². The molecule has 6 heteroatoms. The van der Waals surface area contributed by atoms with Gasteiger partial charge in [-0.2, -0.15) is 0 Å². The third-order valence-electron chi connectivity index (χ3n) is 4.42. The fraction of sp³-hybridized carbons (Fsp3) is 0.529. The second kappa shape index (κ2) is 7.27. The molecule has 1 aliphatic rings. The zero-order valence-electron chi connectivity index (χ0n) is 13.7. The van der Waals surface area contributed by atoms with Crippen LogP contribution in [0.2, 0.25) is 0 Å². The van der Waals surface area contributed by atoms with Gasteiger partial charge in [0.2, 0.25) is 0 Å². The van der Waals surface area contributed by atoms with Crippen molar-refractivity contribution in [2.75, 3.05) is 20.2 Å². The van der Waals surface area contributed by atoms with Crippen LogP contribution in [0.3, 0.4) is 0 Å². The van der Waals surface area contributed by atoms with E-state index in [1.54, 1.807) is 0 Å². The minimum Gasteiger partial charge on any atom is -0.465 e. The Labute approximate surface area is 140 Å². The van der Waals surface area contributed by atoms with Gasteiger partial charge in [-0.05, 0) is 37.4 Å². The van der Waals surface area contributed by atoms with E-state index >= 15 is 0 Å². The number of hydrogen-bond acceptors (Lipinski definition) is 5. The van der Waals surface area contributed by atoms with Crippen LogP contribution < -0.4 is 0 Å². The van der Waals surface area contributed by atoms with Crippen molar-refractivity contribution in [3.8, 4) is 0 Å². The van der Waals surface area contributed by atoms with E-state index < -0.39 is 0 Å². The van der Waals surface area contributed by atoms with E-state index in [1.807, 2.05) is 24.5 Å². The molecule has 0 aromatic carbocycles. The van der Waals surface area contributed by atoms with Gasteiger partial charge in [-0.3, -0.25) is 4.90 Å². The Balaban J connectivity index is 1.57. The number of hydrogen-bond donors (Lipinski definition) is 0. The zero-order valence-corrected chi connectivity index (χ0v) is 14.5. The third kappa shape index (κ3) is 4.00. The molecule has 2 aromatic heterocycles. The van der Waals surface area contributed by atoms with E-state index in [2.05, 4.69) is 21.5 Å². The van der Waals surface area contributed by atoms with Crippen molar-refractivity contribution in [1.82, 2.24) is 14.5 Å². The minimum absolute atomic E-state index is 0.243. The number of esters is 1. The fourth-order valence-corrected chi connectivity index (χ4v) is 4.17. The maximum atomic E-state index is 11.5. The maximum Gasteiger partial charge on any atom is 0.348 e. The average Bonchev–Trinajstić information content (AvgIpc) is 3.17. The zero-order chi connectivity index (χ0) is 16.2. The molecular weight excluding hydrogens is 310 g/mol. The molecule has 1 saturated heterocycles. The first-order valence-electron chi connectivity index (χ1n) is 8.01. The number of carbonyl (C=O) groups excluding carboxylic acids is 1. The summed E-state index contributed by atoms with van der Waals surface area (Å²) in [5.74, 6) is 1.58. The Hall–Kier alpha value is -1.66. The van der Waals surface area contributed by atoms with Gasteiger partial charge >= 0.3 is 5.97 Å². The van der Waals surface area contributed by atoms with E-state index in [1.165, 1.54) is 42.0 Å². The SMILES string of the molecule is COC(=O)c1ccc(CN2CCCC(Cc3nccn3C)C2)s1. The van der Waals surface area contributed by atoms with E-state index in [-0.39, 0.29) is 5.97 Å². The molecule has 5 nitrogen and oxygen atoms in total. The number of thiophene rings is 1. The first-order valence-corrected chi connectivity index (χ1v) is 8.83. The predicted octanol–water partition coefficient (Wildman–Crippen LogP) is 2.72. The third-order valence-corrected chi connectivity index (χ3v) is 5.47. The molecule has 23 heavy (non-hydrogen) atoms. The maximum absolute atomic E-state index is 11.5. The number of methoxy groups -OCH3 is 1. The topological polar surface area (TPSA) is 47.4 Å². The van der Waals surface area contributed by atoms with Crippen LogP contribution in [0.25, 0.3) is 0 Å². The number of likely N-dealkylation sites (tertiary alicyclic amines) is 1. The van der Waals surface area contributed by atoms with Crippen LogP contribution in [0.1, 0.15) is 33.2 Å². The Morgan fingerprint density at radius 3 is 3.09 bits per heavy atom. The first-order chi connectivity index (χ1) is 11.2. The van der Waals surface area contributed by atoms with E-state index in [0.29, 0.717) is 10.8 Å². The highest BCUT2D eigenvalue weighted by atomic mass is 32.1. The van der Waals surface area contributed by atoms with Gasteiger partial charge in [0.25, 0.3) is 0 Å². The summed E-state index contributed by atoms with van der Waals surface area (Å²) < 4.78 is 6.89. The second-order valence-corrected chi connectivity index (χ2v) is 7.33. The Bertz CT molecular complexity index is 664. The Morgan fingerprint density at radius 1 is 1.48 bits per heavy atom. The number of rotatable bonds is 5. The van der Waals surface area contributed by atoms with Crippen LogP contribution in [-0.4, -0.2) is 40.6 Å². The van der Waals surface area contributed by atoms with E-state index in [9.17, 15) is 4.79 Å². The average molecular weight is 333 g/mol. The summed E-state index contributed by atoms with van der Waals surface area (Å²) in [5.41, 5.74) is 0. The summed E-state index contributed by atoms with van der Waals surface area (Å²) >= 11 is 1.54. The van der Waals surface area contributed by atoms with Crippen molar-refractivity contribution < 1.29 is 9.53 Å². The number of imidazole rings is 1. The molecule has 124 valence electrons. The molecule has 3 rings (SSSR count). The quantitative estimate of drug-likeness (QED) is 0.790. The highest BCUT2D eigenvalue weighted by Crippen LogP contribution is 2.24. The van der Waals surface area contributed by atoms with Crippen molar-refractivity contribution in [2.45, 2.75) is 25.8 Å². The van der Waals surface area contributed by atoms with E-state index in [4.69, 9.17) is 4.74 Å². The lowest BCUT2D eigenvalue weighted by Gasteiger charge is -2.32. The molecule has 1 unspecified atom stereocenters. The van der Waals surface area contributed by atoms with Crippen molar-refractivity contribution in [1.29, 1.82) is 0 Å². The van der Waals surface area contributed by atoms with Gasteiger partial charge in [-0.15, -0.1) is 11.3 Å². The van der Waals surface area contributed by atoms with Crippen LogP contribution in [0.4, 0.5) is 0 Å². The number of aryl methyl sites for hydroxylation is 1. The predicted molar refractivity (Wildman–Crippen MR) is 90.6 cm³/mol. The summed E-state index contributed by atoms with van der Waals surface area (Å²) in [4.78, 5) is 20.4. The molecule has 1 aliphatic heterocycles. The van der Waals surface area contributed by atoms with Gasteiger partial charge in [-0.25, -0.2) is 9.78 Å². The van der Waals surface area contributed by atoms with Gasteiger partial charge in [0.15, 0.2) is 0 Å². The number of nitrogens with zero attached hydrogens (tertiary/aromatic N) is 3. The van der Waals surface area contributed by atoms with Crippen molar-refractivity contribution in [3.05, 3.63) is 40.1 Å². The molecule has 1 atom stereocenters.